The first-order valence-corrected chi connectivity index (χ1v) is 5.14. The summed E-state index contributed by atoms with van der Waals surface area (Å²) < 4.78 is 4.66. The largest absolute Gasteiger partial charge is 0.436 e. The summed E-state index contributed by atoms with van der Waals surface area (Å²) in [5.41, 5.74) is 0. The van der Waals surface area contributed by atoms with Crippen LogP contribution in [0.25, 0.3) is 0 Å². The van der Waals surface area contributed by atoms with E-state index in [1.54, 1.807) is 6.92 Å². The Labute approximate surface area is 90.7 Å². The van der Waals surface area contributed by atoms with Crippen LogP contribution in [0.15, 0.2) is 0 Å². The molecule has 13 heavy (non-hydrogen) atoms. The van der Waals surface area contributed by atoms with E-state index in [-0.39, 0.29) is 4.11 Å². The molecule has 0 aromatic carbocycles. The minimum absolute atomic E-state index is 0.138. The topological polar surface area (TPSA) is 67.4 Å². The highest BCUT2D eigenvalue weighted by molar-refractivity contribution is 14.1. The molecule has 0 aliphatic rings. The van der Waals surface area contributed by atoms with Crippen LogP contribution in [0.1, 0.15) is 6.92 Å². The summed E-state index contributed by atoms with van der Waals surface area (Å²) in [6, 6.07) is 0. The number of amides is 1. The van der Waals surface area contributed by atoms with Crippen molar-refractivity contribution in [3.05, 3.63) is 0 Å². The summed E-state index contributed by atoms with van der Waals surface area (Å²) in [6.07, 6.45) is 0.334. The molecule has 5 nitrogen and oxygen atoms in total. The Bertz CT molecular complexity index is 164. The Kier molecular flexibility index (Phi) is 8.00. The van der Waals surface area contributed by atoms with Crippen molar-refractivity contribution in [2.75, 3.05) is 19.6 Å². The van der Waals surface area contributed by atoms with Crippen molar-refractivity contribution in [3.8, 4) is 0 Å². The van der Waals surface area contributed by atoms with Gasteiger partial charge in [-0.25, -0.2) is 4.79 Å². The predicted octanol–water partition coefficient (Wildman–Crippen LogP) is 0.282. The normalized spacial score (nSPS) is 11.8. The monoisotopic (exact) mass is 300 g/mol. The number of carbonyl (C=O) groups excluding carboxylic acids is 2. The Morgan fingerprint density at radius 3 is 2.85 bits per heavy atom. The van der Waals surface area contributed by atoms with Crippen molar-refractivity contribution in [1.29, 1.82) is 0 Å². The summed E-state index contributed by atoms with van der Waals surface area (Å²) in [5.74, 6) is 0. The molecule has 0 saturated heterocycles. The van der Waals surface area contributed by atoms with Crippen molar-refractivity contribution >= 4 is 35.0 Å². The highest BCUT2D eigenvalue weighted by Crippen LogP contribution is 1.99. The van der Waals surface area contributed by atoms with E-state index >= 15 is 0 Å². The molecule has 0 aliphatic heterocycles. The molecule has 1 unspecified atom stereocenters. The van der Waals surface area contributed by atoms with Gasteiger partial charge in [0.2, 0.25) is 0 Å². The maximum absolute atomic E-state index is 10.9. The second-order valence-corrected chi connectivity index (χ2v) is 4.00. The third-order valence-electron chi connectivity index (χ3n) is 1.07. The number of alkyl carbamates (subject to hydrolysis) is 1. The lowest BCUT2D eigenvalue weighted by atomic mass is 10.6. The second-order valence-electron chi connectivity index (χ2n) is 2.25. The Balaban J connectivity index is 3.22. The zero-order chi connectivity index (χ0) is 10.1. The van der Waals surface area contributed by atoms with Crippen molar-refractivity contribution in [2.24, 2.45) is 0 Å². The molecule has 0 bridgehead atoms. The molecule has 6 heteroatoms. The van der Waals surface area contributed by atoms with Crippen molar-refractivity contribution in [3.63, 3.8) is 0 Å². The number of carbonyl (C=O) groups is 2. The summed E-state index contributed by atoms with van der Waals surface area (Å²) in [7, 11) is 0. The lowest BCUT2D eigenvalue weighted by molar-refractivity contribution is -0.107. The minimum atomic E-state index is -0.435. The molecule has 0 fully saturated rings. The molecule has 0 aromatic rings. The fourth-order valence-corrected chi connectivity index (χ4v) is 0.834. The average Bonchev–Trinajstić information content (AvgIpc) is 2.02. The van der Waals surface area contributed by atoms with Gasteiger partial charge in [0.1, 0.15) is 6.29 Å². The summed E-state index contributed by atoms with van der Waals surface area (Å²) in [5, 5.41) is 5.33. The lowest BCUT2D eigenvalue weighted by Crippen LogP contribution is -2.33. The molecule has 1 atom stereocenters. The zero-order valence-electron chi connectivity index (χ0n) is 7.38. The molecule has 0 radical (unpaired) electrons. The quantitative estimate of drug-likeness (QED) is 0.320. The SMILES string of the molecule is CC(I)OC(=O)NCCNCC=O. The molecule has 0 heterocycles. The number of nitrogens with one attached hydrogen (secondary N) is 2. The van der Waals surface area contributed by atoms with Crippen LogP contribution in [0.4, 0.5) is 4.79 Å². The van der Waals surface area contributed by atoms with Gasteiger partial charge < -0.3 is 20.2 Å². The first-order chi connectivity index (χ1) is 6.16. The van der Waals surface area contributed by atoms with E-state index in [1.165, 1.54) is 0 Å². The molecule has 0 rings (SSSR count). The van der Waals surface area contributed by atoms with E-state index in [0.717, 1.165) is 6.29 Å². The summed E-state index contributed by atoms with van der Waals surface area (Å²) in [4.78, 5) is 20.7. The number of halogens is 1. The molecule has 0 saturated carbocycles. The first-order valence-electron chi connectivity index (χ1n) is 3.89. The van der Waals surface area contributed by atoms with Gasteiger partial charge in [0, 0.05) is 13.1 Å². The molecule has 76 valence electrons. The van der Waals surface area contributed by atoms with Crippen LogP contribution in [0.3, 0.4) is 0 Å². The fourth-order valence-electron chi connectivity index (χ4n) is 0.603. The van der Waals surface area contributed by atoms with Gasteiger partial charge in [-0.1, -0.05) is 0 Å². The van der Waals surface area contributed by atoms with Crippen molar-refractivity contribution < 1.29 is 14.3 Å². The van der Waals surface area contributed by atoms with Gasteiger partial charge in [-0.2, -0.15) is 0 Å². The fraction of sp³-hybridized carbons (Fsp3) is 0.714. The highest BCUT2D eigenvalue weighted by atomic mass is 127. The van der Waals surface area contributed by atoms with Crippen molar-refractivity contribution in [1.82, 2.24) is 10.6 Å². The first kappa shape index (κ1) is 12.6. The number of ether oxygens (including phenoxy) is 1. The third-order valence-corrected chi connectivity index (χ3v) is 1.32. The molecule has 0 aromatic heterocycles. The van der Waals surface area contributed by atoms with Crippen LogP contribution < -0.4 is 10.6 Å². The molecule has 2 N–H and O–H groups in total. The van der Waals surface area contributed by atoms with Gasteiger partial charge in [0.25, 0.3) is 0 Å². The van der Waals surface area contributed by atoms with Crippen LogP contribution in [0, 0.1) is 0 Å². The van der Waals surface area contributed by atoms with Crippen molar-refractivity contribution in [2.45, 2.75) is 11.0 Å². The van der Waals surface area contributed by atoms with E-state index in [0.29, 0.717) is 19.6 Å². The molecule has 0 spiro atoms. The van der Waals surface area contributed by atoms with Crippen LogP contribution >= 0.6 is 22.6 Å². The van der Waals surface area contributed by atoms with E-state index < -0.39 is 6.09 Å². The van der Waals surface area contributed by atoms with Gasteiger partial charge in [0.05, 0.1) is 6.54 Å². The third kappa shape index (κ3) is 9.54. The Morgan fingerprint density at radius 1 is 1.62 bits per heavy atom. The predicted molar refractivity (Wildman–Crippen MR) is 56.9 cm³/mol. The zero-order valence-corrected chi connectivity index (χ0v) is 9.54. The van der Waals surface area contributed by atoms with Crippen LogP contribution in [-0.2, 0) is 9.53 Å². The van der Waals surface area contributed by atoms with Gasteiger partial charge in [-0.3, -0.25) is 0 Å². The van der Waals surface area contributed by atoms with E-state index in [2.05, 4.69) is 10.6 Å². The Hall–Kier alpha value is -0.370. The molecular formula is C7H13IN2O3. The van der Waals surface area contributed by atoms with E-state index in [1.807, 2.05) is 22.6 Å². The average molecular weight is 300 g/mol. The highest BCUT2D eigenvalue weighted by Gasteiger charge is 2.03. The van der Waals surface area contributed by atoms with E-state index in [9.17, 15) is 9.59 Å². The number of hydrogen-bond donors (Lipinski definition) is 2. The second kappa shape index (κ2) is 8.24. The summed E-state index contributed by atoms with van der Waals surface area (Å²) >= 11 is 1.99. The lowest BCUT2D eigenvalue weighted by Gasteiger charge is -2.07. The molecule has 1 amide bonds. The standard InChI is InChI=1S/C7H13IN2O3/c1-6(8)13-7(12)10-3-2-9-4-5-11/h5-6,9H,2-4H2,1H3,(H,10,12). The maximum Gasteiger partial charge on any atom is 0.408 e. The summed E-state index contributed by atoms with van der Waals surface area (Å²) in [6.45, 7) is 3.09. The number of rotatable bonds is 6. The van der Waals surface area contributed by atoms with Crippen LogP contribution in [-0.4, -0.2) is 36.1 Å². The van der Waals surface area contributed by atoms with Gasteiger partial charge in [0.15, 0.2) is 4.11 Å². The van der Waals surface area contributed by atoms with Crippen LogP contribution in [0.2, 0.25) is 0 Å². The molecular weight excluding hydrogens is 287 g/mol. The maximum atomic E-state index is 10.9. The smallest absolute Gasteiger partial charge is 0.408 e. The van der Waals surface area contributed by atoms with Gasteiger partial charge in [-0.05, 0) is 29.5 Å². The Morgan fingerprint density at radius 2 is 2.31 bits per heavy atom. The van der Waals surface area contributed by atoms with Crippen LogP contribution in [0.5, 0.6) is 0 Å². The van der Waals surface area contributed by atoms with Gasteiger partial charge >= 0.3 is 6.09 Å². The van der Waals surface area contributed by atoms with E-state index in [4.69, 9.17) is 4.74 Å². The number of hydrogen-bond acceptors (Lipinski definition) is 4. The number of alkyl halides is 1. The molecule has 0 aliphatic carbocycles. The minimum Gasteiger partial charge on any atom is -0.436 e. The number of aldehydes is 1. The van der Waals surface area contributed by atoms with Gasteiger partial charge in [-0.15, -0.1) is 0 Å².